The molecule has 0 fully saturated rings. The summed E-state index contributed by atoms with van der Waals surface area (Å²) >= 11 is 0. The van der Waals surface area contributed by atoms with Crippen molar-refractivity contribution in [2.24, 2.45) is 0 Å². The number of carbonyl (C=O) groups is 1. The molecule has 3 rings (SSSR count). The molecule has 6 nitrogen and oxygen atoms in total. The van der Waals surface area contributed by atoms with E-state index in [-0.39, 0.29) is 5.69 Å². The Morgan fingerprint density at radius 3 is 2.65 bits per heavy atom. The summed E-state index contributed by atoms with van der Waals surface area (Å²) < 4.78 is 1.49. The Kier molecular flexibility index (Phi) is 3.12. The SMILES string of the molecule is O=C(O)c1ccn2nc(CCc3ccccc3)nc2n1. The van der Waals surface area contributed by atoms with Crippen LogP contribution in [0.1, 0.15) is 21.9 Å². The van der Waals surface area contributed by atoms with Crippen molar-refractivity contribution in [2.75, 3.05) is 0 Å². The van der Waals surface area contributed by atoms with Crippen LogP contribution in [0.25, 0.3) is 5.78 Å². The zero-order valence-electron chi connectivity index (χ0n) is 10.6. The van der Waals surface area contributed by atoms with Gasteiger partial charge in [0.05, 0.1) is 0 Å². The van der Waals surface area contributed by atoms with E-state index in [4.69, 9.17) is 5.11 Å². The number of carboxylic acid groups (broad SMARTS) is 1. The normalized spacial score (nSPS) is 10.8. The minimum absolute atomic E-state index is 0.0282. The molecule has 0 amide bonds. The van der Waals surface area contributed by atoms with Gasteiger partial charge in [-0.2, -0.15) is 4.98 Å². The van der Waals surface area contributed by atoms with E-state index < -0.39 is 5.97 Å². The van der Waals surface area contributed by atoms with Crippen molar-refractivity contribution in [1.82, 2.24) is 19.6 Å². The third-order valence-electron chi connectivity index (χ3n) is 2.95. The molecule has 2 aromatic heterocycles. The average molecular weight is 268 g/mol. The van der Waals surface area contributed by atoms with E-state index in [2.05, 4.69) is 27.2 Å². The molecule has 3 aromatic rings. The maximum absolute atomic E-state index is 10.8. The number of benzene rings is 1. The summed E-state index contributed by atoms with van der Waals surface area (Å²) in [4.78, 5) is 19.0. The van der Waals surface area contributed by atoms with Crippen LogP contribution in [-0.4, -0.2) is 30.7 Å². The molecule has 0 saturated carbocycles. The molecule has 100 valence electrons. The van der Waals surface area contributed by atoms with Crippen molar-refractivity contribution in [3.05, 3.63) is 59.7 Å². The molecule has 0 aliphatic rings. The van der Waals surface area contributed by atoms with Crippen molar-refractivity contribution < 1.29 is 9.90 Å². The van der Waals surface area contributed by atoms with Crippen LogP contribution in [-0.2, 0) is 12.8 Å². The Labute approximate surface area is 114 Å². The molecule has 6 heteroatoms. The zero-order chi connectivity index (χ0) is 13.9. The summed E-state index contributed by atoms with van der Waals surface area (Å²) in [6.45, 7) is 0. The minimum atomic E-state index is -1.07. The van der Waals surface area contributed by atoms with E-state index in [1.54, 1.807) is 6.20 Å². The van der Waals surface area contributed by atoms with Crippen LogP contribution in [0.5, 0.6) is 0 Å². The van der Waals surface area contributed by atoms with Crippen LogP contribution < -0.4 is 0 Å². The van der Waals surface area contributed by atoms with E-state index in [0.29, 0.717) is 18.0 Å². The van der Waals surface area contributed by atoms with Crippen molar-refractivity contribution >= 4 is 11.7 Å². The summed E-state index contributed by atoms with van der Waals surface area (Å²) in [5.74, 6) is -0.0989. The van der Waals surface area contributed by atoms with E-state index in [1.165, 1.54) is 16.1 Å². The van der Waals surface area contributed by atoms with Gasteiger partial charge in [-0.1, -0.05) is 30.3 Å². The van der Waals surface area contributed by atoms with E-state index in [9.17, 15) is 4.79 Å². The Hall–Kier alpha value is -2.76. The van der Waals surface area contributed by atoms with Gasteiger partial charge in [0.2, 0.25) is 0 Å². The Bertz CT molecular complexity index is 752. The average Bonchev–Trinajstić information content (AvgIpc) is 2.88. The molecule has 1 aromatic carbocycles. The van der Waals surface area contributed by atoms with Crippen LogP contribution in [0.2, 0.25) is 0 Å². The van der Waals surface area contributed by atoms with Gasteiger partial charge in [0.1, 0.15) is 0 Å². The third-order valence-corrected chi connectivity index (χ3v) is 2.95. The van der Waals surface area contributed by atoms with Crippen LogP contribution >= 0.6 is 0 Å². The largest absolute Gasteiger partial charge is 0.477 e. The summed E-state index contributed by atoms with van der Waals surface area (Å²) in [5, 5.41) is 13.2. The number of aromatic carboxylic acids is 1. The van der Waals surface area contributed by atoms with Gasteiger partial charge >= 0.3 is 5.97 Å². The molecule has 0 saturated heterocycles. The smallest absolute Gasteiger partial charge is 0.354 e. The highest BCUT2D eigenvalue weighted by Gasteiger charge is 2.09. The molecule has 0 aliphatic carbocycles. The Morgan fingerprint density at radius 2 is 1.90 bits per heavy atom. The second-order valence-electron chi connectivity index (χ2n) is 4.38. The van der Waals surface area contributed by atoms with Gasteiger partial charge in [-0.05, 0) is 18.1 Å². The van der Waals surface area contributed by atoms with Gasteiger partial charge in [0.25, 0.3) is 5.78 Å². The van der Waals surface area contributed by atoms with Gasteiger partial charge in [0, 0.05) is 12.6 Å². The predicted octanol–water partition coefficient (Wildman–Crippen LogP) is 1.61. The van der Waals surface area contributed by atoms with Crippen LogP contribution in [0, 0.1) is 0 Å². The van der Waals surface area contributed by atoms with Gasteiger partial charge in [-0.15, -0.1) is 5.10 Å². The first kappa shape index (κ1) is 12.3. The molecular formula is C14H12N4O2. The number of nitrogens with zero attached hydrogens (tertiary/aromatic N) is 4. The summed E-state index contributed by atoms with van der Waals surface area (Å²) in [6, 6.07) is 11.5. The zero-order valence-corrected chi connectivity index (χ0v) is 10.6. The fourth-order valence-electron chi connectivity index (χ4n) is 1.95. The van der Waals surface area contributed by atoms with Gasteiger partial charge in [-0.25, -0.2) is 14.3 Å². The lowest BCUT2D eigenvalue weighted by molar-refractivity contribution is 0.0690. The quantitative estimate of drug-likeness (QED) is 0.777. The van der Waals surface area contributed by atoms with E-state index in [1.807, 2.05) is 18.2 Å². The number of aryl methyl sites for hydroxylation is 2. The molecule has 0 radical (unpaired) electrons. The maximum Gasteiger partial charge on any atom is 0.354 e. The highest BCUT2D eigenvalue weighted by Crippen LogP contribution is 2.06. The third kappa shape index (κ3) is 2.49. The van der Waals surface area contributed by atoms with E-state index >= 15 is 0 Å². The number of aromatic nitrogens is 4. The van der Waals surface area contributed by atoms with Gasteiger partial charge in [0.15, 0.2) is 11.5 Å². The number of hydrogen-bond acceptors (Lipinski definition) is 4. The van der Waals surface area contributed by atoms with E-state index in [0.717, 1.165) is 6.42 Å². The molecule has 0 aliphatic heterocycles. The lowest BCUT2D eigenvalue weighted by atomic mass is 10.1. The highest BCUT2D eigenvalue weighted by molar-refractivity contribution is 5.85. The van der Waals surface area contributed by atoms with Crippen molar-refractivity contribution in [3.63, 3.8) is 0 Å². The highest BCUT2D eigenvalue weighted by atomic mass is 16.4. The fraction of sp³-hybridized carbons (Fsp3) is 0.143. The standard InChI is InChI=1S/C14H12N4O2/c19-13(20)11-8-9-18-14(15-11)16-12(17-18)7-6-10-4-2-1-3-5-10/h1-5,8-9H,6-7H2,(H,19,20). The number of carboxylic acids is 1. The second-order valence-corrected chi connectivity index (χ2v) is 4.38. The lowest BCUT2D eigenvalue weighted by Gasteiger charge is -1.96. The van der Waals surface area contributed by atoms with Crippen molar-refractivity contribution in [3.8, 4) is 0 Å². The number of rotatable bonds is 4. The van der Waals surface area contributed by atoms with Crippen LogP contribution in [0.4, 0.5) is 0 Å². The molecular weight excluding hydrogens is 256 g/mol. The molecule has 1 N–H and O–H groups in total. The monoisotopic (exact) mass is 268 g/mol. The summed E-state index contributed by atoms with van der Waals surface area (Å²) in [5.41, 5.74) is 1.19. The van der Waals surface area contributed by atoms with Crippen molar-refractivity contribution in [1.29, 1.82) is 0 Å². The molecule has 0 bridgehead atoms. The fourth-order valence-corrected chi connectivity index (χ4v) is 1.95. The Morgan fingerprint density at radius 1 is 1.10 bits per heavy atom. The summed E-state index contributed by atoms with van der Waals surface area (Å²) in [6.07, 6.45) is 3.09. The molecule has 20 heavy (non-hydrogen) atoms. The first-order chi connectivity index (χ1) is 9.72. The van der Waals surface area contributed by atoms with Gasteiger partial charge < -0.3 is 5.11 Å². The first-order valence-electron chi connectivity index (χ1n) is 6.22. The topological polar surface area (TPSA) is 80.4 Å². The Balaban J connectivity index is 1.80. The molecule has 0 atom stereocenters. The molecule has 2 heterocycles. The maximum atomic E-state index is 10.8. The molecule has 0 unspecified atom stereocenters. The number of fused-ring (bicyclic) bond motifs is 1. The lowest BCUT2D eigenvalue weighted by Crippen LogP contribution is -2.02. The first-order valence-corrected chi connectivity index (χ1v) is 6.22. The number of hydrogen-bond donors (Lipinski definition) is 1. The molecule has 0 spiro atoms. The van der Waals surface area contributed by atoms with Gasteiger partial charge in [-0.3, -0.25) is 0 Å². The van der Waals surface area contributed by atoms with Crippen LogP contribution in [0.3, 0.4) is 0 Å². The summed E-state index contributed by atoms with van der Waals surface area (Å²) in [7, 11) is 0. The van der Waals surface area contributed by atoms with Crippen LogP contribution in [0.15, 0.2) is 42.6 Å². The minimum Gasteiger partial charge on any atom is -0.477 e. The van der Waals surface area contributed by atoms with Crippen molar-refractivity contribution in [2.45, 2.75) is 12.8 Å². The predicted molar refractivity (Wildman–Crippen MR) is 71.6 cm³/mol. The second kappa shape index (κ2) is 5.08.